The van der Waals surface area contributed by atoms with Gasteiger partial charge in [0.2, 0.25) is 0 Å². The second-order valence-corrected chi connectivity index (χ2v) is 2.82. The van der Waals surface area contributed by atoms with Crippen molar-refractivity contribution in [3.63, 3.8) is 0 Å². The summed E-state index contributed by atoms with van der Waals surface area (Å²) in [7, 11) is 0. The Hall–Kier alpha value is -0.790. The number of hydrogen-bond acceptors (Lipinski definition) is 2. The molecule has 0 aliphatic heterocycles. The summed E-state index contributed by atoms with van der Waals surface area (Å²) in [5.74, 6) is 0. The van der Waals surface area contributed by atoms with Crippen LogP contribution in [0, 0.1) is 0 Å². The van der Waals surface area contributed by atoms with Gasteiger partial charge < -0.3 is 5.73 Å². The standard InChI is InChI=1S/C9H16N2/c1-2-11-9-6-4-3-5-8(9)7-10/h7H,2-6,10H2,1H3. The molecule has 0 atom stereocenters. The van der Waals surface area contributed by atoms with Gasteiger partial charge in [0, 0.05) is 12.3 Å². The first-order valence-corrected chi connectivity index (χ1v) is 4.33. The van der Waals surface area contributed by atoms with Crippen molar-refractivity contribution in [1.82, 2.24) is 0 Å². The fourth-order valence-corrected chi connectivity index (χ4v) is 1.46. The second kappa shape index (κ2) is 4.16. The molecule has 0 amide bonds. The largest absolute Gasteiger partial charge is 0.404 e. The molecule has 2 N–H and O–H groups in total. The summed E-state index contributed by atoms with van der Waals surface area (Å²) in [6, 6.07) is 0. The van der Waals surface area contributed by atoms with E-state index in [1.54, 1.807) is 6.20 Å². The third-order valence-corrected chi connectivity index (χ3v) is 2.03. The molecule has 62 valence electrons. The van der Waals surface area contributed by atoms with Gasteiger partial charge in [-0.3, -0.25) is 4.99 Å². The van der Waals surface area contributed by atoms with E-state index in [1.165, 1.54) is 24.1 Å². The highest BCUT2D eigenvalue weighted by atomic mass is 14.7. The van der Waals surface area contributed by atoms with Crippen LogP contribution >= 0.6 is 0 Å². The third-order valence-electron chi connectivity index (χ3n) is 2.03. The predicted molar refractivity (Wildman–Crippen MR) is 48.7 cm³/mol. The number of allylic oxidation sites excluding steroid dienone is 1. The van der Waals surface area contributed by atoms with E-state index in [1.807, 2.05) is 0 Å². The van der Waals surface area contributed by atoms with Gasteiger partial charge >= 0.3 is 0 Å². The average Bonchev–Trinajstić information content (AvgIpc) is 2.06. The van der Waals surface area contributed by atoms with Crippen molar-refractivity contribution >= 4 is 5.71 Å². The molecule has 0 aromatic heterocycles. The van der Waals surface area contributed by atoms with E-state index in [9.17, 15) is 0 Å². The lowest BCUT2D eigenvalue weighted by atomic mass is 9.93. The van der Waals surface area contributed by atoms with E-state index < -0.39 is 0 Å². The molecular formula is C9H16N2. The van der Waals surface area contributed by atoms with E-state index in [2.05, 4.69) is 11.9 Å². The van der Waals surface area contributed by atoms with Crippen LogP contribution in [0.3, 0.4) is 0 Å². The van der Waals surface area contributed by atoms with Crippen molar-refractivity contribution in [2.75, 3.05) is 6.54 Å². The van der Waals surface area contributed by atoms with Crippen LogP contribution in [0.15, 0.2) is 16.8 Å². The van der Waals surface area contributed by atoms with Crippen LogP contribution in [0.4, 0.5) is 0 Å². The predicted octanol–water partition coefficient (Wildman–Crippen LogP) is 1.86. The Labute approximate surface area is 68.2 Å². The Morgan fingerprint density at radius 2 is 2.18 bits per heavy atom. The van der Waals surface area contributed by atoms with Gasteiger partial charge in [-0.15, -0.1) is 0 Å². The van der Waals surface area contributed by atoms with Gasteiger partial charge in [0.25, 0.3) is 0 Å². The highest BCUT2D eigenvalue weighted by Gasteiger charge is 2.11. The minimum atomic E-state index is 0.882. The van der Waals surface area contributed by atoms with Crippen molar-refractivity contribution in [1.29, 1.82) is 0 Å². The first-order chi connectivity index (χ1) is 5.38. The summed E-state index contributed by atoms with van der Waals surface area (Å²) >= 11 is 0. The van der Waals surface area contributed by atoms with E-state index in [0.717, 1.165) is 19.4 Å². The van der Waals surface area contributed by atoms with Crippen LogP contribution in [0.1, 0.15) is 32.6 Å². The third kappa shape index (κ3) is 2.07. The molecule has 1 aliphatic carbocycles. The smallest absolute Gasteiger partial charge is 0.0394 e. The fraction of sp³-hybridized carbons (Fsp3) is 0.667. The Bertz CT molecular complexity index is 180. The Morgan fingerprint density at radius 3 is 2.82 bits per heavy atom. The maximum atomic E-state index is 5.48. The average molecular weight is 152 g/mol. The van der Waals surface area contributed by atoms with Crippen LogP contribution in [0.2, 0.25) is 0 Å². The molecule has 0 heterocycles. The van der Waals surface area contributed by atoms with Crippen molar-refractivity contribution in [3.8, 4) is 0 Å². The molecule has 1 rings (SSSR count). The molecule has 11 heavy (non-hydrogen) atoms. The molecule has 1 saturated carbocycles. The molecule has 0 saturated heterocycles. The zero-order valence-corrected chi connectivity index (χ0v) is 7.14. The van der Waals surface area contributed by atoms with Crippen molar-refractivity contribution in [3.05, 3.63) is 11.8 Å². The summed E-state index contributed by atoms with van der Waals surface area (Å²) in [6.07, 6.45) is 6.50. The summed E-state index contributed by atoms with van der Waals surface area (Å²) in [6.45, 7) is 2.95. The summed E-state index contributed by atoms with van der Waals surface area (Å²) in [5.41, 5.74) is 7.98. The summed E-state index contributed by atoms with van der Waals surface area (Å²) in [4.78, 5) is 4.40. The number of nitrogens with two attached hydrogens (primary N) is 1. The van der Waals surface area contributed by atoms with Crippen LogP contribution in [-0.2, 0) is 0 Å². The van der Waals surface area contributed by atoms with Gasteiger partial charge in [0.05, 0.1) is 0 Å². The molecule has 0 spiro atoms. The van der Waals surface area contributed by atoms with Crippen LogP contribution in [0.25, 0.3) is 0 Å². The van der Waals surface area contributed by atoms with Gasteiger partial charge in [-0.05, 0) is 44.4 Å². The lowest BCUT2D eigenvalue weighted by Crippen LogP contribution is -2.11. The van der Waals surface area contributed by atoms with Crippen molar-refractivity contribution < 1.29 is 0 Å². The van der Waals surface area contributed by atoms with Crippen LogP contribution < -0.4 is 5.73 Å². The quantitative estimate of drug-likeness (QED) is 0.612. The highest BCUT2D eigenvalue weighted by molar-refractivity contribution is 6.00. The molecule has 2 nitrogen and oxygen atoms in total. The first kappa shape index (κ1) is 8.31. The lowest BCUT2D eigenvalue weighted by molar-refractivity contribution is 0.729. The van der Waals surface area contributed by atoms with E-state index in [0.29, 0.717) is 0 Å². The van der Waals surface area contributed by atoms with Crippen molar-refractivity contribution in [2.45, 2.75) is 32.6 Å². The number of nitrogens with zero attached hydrogens (tertiary/aromatic N) is 1. The monoisotopic (exact) mass is 152 g/mol. The van der Waals surface area contributed by atoms with Gasteiger partial charge in [0.1, 0.15) is 0 Å². The molecule has 0 radical (unpaired) electrons. The molecular weight excluding hydrogens is 136 g/mol. The molecule has 2 heteroatoms. The van der Waals surface area contributed by atoms with Gasteiger partial charge in [0.15, 0.2) is 0 Å². The van der Waals surface area contributed by atoms with Gasteiger partial charge in [-0.25, -0.2) is 0 Å². The summed E-state index contributed by atoms with van der Waals surface area (Å²) in [5, 5.41) is 0. The fourth-order valence-electron chi connectivity index (χ4n) is 1.46. The lowest BCUT2D eigenvalue weighted by Gasteiger charge is -2.15. The topological polar surface area (TPSA) is 38.4 Å². The minimum absolute atomic E-state index is 0.882. The molecule has 1 aliphatic rings. The SMILES string of the molecule is CCN=C1CCCCC1=CN. The first-order valence-electron chi connectivity index (χ1n) is 4.33. The zero-order chi connectivity index (χ0) is 8.10. The van der Waals surface area contributed by atoms with Gasteiger partial charge in [-0.2, -0.15) is 0 Å². The minimum Gasteiger partial charge on any atom is -0.404 e. The highest BCUT2D eigenvalue weighted by Crippen LogP contribution is 2.19. The van der Waals surface area contributed by atoms with E-state index in [-0.39, 0.29) is 0 Å². The Kier molecular flexibility index (Phi) is 3.14. The Morgan fingerprint density at radius 1 is 1.45 bits per heavy atom. The summed E-state index contributed by atoms with van der Waals surface area (Å²) < 4.78 is 0. The zero-order valence-electron chi connectivity index (χ0n) is 7.14. The molecule has 0 unspecified atom stereocenters. The number of aliphatic imine (C=N–C) groups is 1. The molecule has 1 fully saturated rings. The van der Waals surface area contributed by atoms with Crippen LogP contribution in [0.5, 0.6) is 0 Å². The van der Waals surface area contributed by atoms with E-state index >= 15 is 0 Å². The molecule has 0 aromatic rings. The normalized spacial score (nSPS) is 26.3. The van der Waals surface area contributed by atoms with Crippen LogP contribution in [-0.4, -0.2) is 12.3 Å². The number of hydrogen-bond donors (Lipinski definition) is 1. The second-order valence-electron chi connectivity index (χ2n) is 2.82. The number of rotatable bonds is 1. The maximum Gasteiger partial charge on any atom is 0.0394 e. The Balaban J connectivity index is 2.67. The molecule has 0 bridgehead atoms. The van der Waals surface area contributed by atoms with E-state index in [4.69, 9.17) is 5.73 Å². The molecule has 0 aromatic carbocycles. The maximum absolute atomic E-state index is 5.48. The van der Waals surface area contributed by atoms with Crippen molar-refractivity contribution in [2.24, 2.45) is 10.7 Å². The van der Waals surface area contributed by atoms with Gasteiger partial charge in [-0.1, -0.05) is 0 Å².